The molecule has 0 aromatic carbocycles. The summed E-state index contributed by atoms with van der Waals surface area (Å²) in [5.74, 6) is -0.472. The number of carboxylic acids is 1. The van der Waals surface area contributed by atoms with Gasteiger partial charge in [0, 0.05) is 6.20 Å². The molecule has 0 aliphatic heterocycles. The van der Waals surface area contributed by atoms with Crippen LogP contribution in [-0.4, -0.2) is 26.0 Å². The lowest BCUT2D eigenvalue weighted by Crippen LogP contribution is -2.01. The van der Waals surface area contributed by atoms with Crippen molar-refractivity contribution in [1.29, 1.82) is 0 Å². The fourth-order valence-electron chi connectivity index (χ4n) is 1.12. The fourth-order valence-corrected chi connectivity index (χ4v) is 1.12. The van der Waals surface area contributed by atoms with Crippen molar-refractivity contribution in [3.63, 3.8) is 0 Å². The van der Waals surface area contributed by atoms with Gasteiger partial charge in [0.05, 0.1) is 5.52 Å². The third-order valence-corrected chi connectivity index (χ3v) is 1.63. The van der Waals surface area contributed by atoms with E-state index in [1.807, 2.05) is 0 Å². The van der Waals surface area contributed by atoms with Crippen molar-refractivity contribution in [1.82, 2.24) is 15.0 Å². The molecule has 2 aromatic rings. The van der Waals surface area contributed by atoms with Crippen LogP contribution in [-0.2, 0) is 11.2 Å². The molecule has 0 atom stereocenters. The van der Waals surface area contributed by atoms with E-state index in [4.69, 9.17) is 5.11 Å². The van der Waals surface area contributed by atoms with Crippen LogP contribution >= 0.6 is 0 Å². The fraction of sp³-hybridized carbons (Fsp3) is 0.125. The molecule has 0 aliphatic carbocycles. The normalized spacial score (nSPS) is 10.5. The van der Waals surface area contributed by atoms with Crippen LogP contribution < -0.4 is 0 Å². The van der Waals surface area contributed by atoms with Gasteiger partial charge in [-0.1, -0.05) is 0 Å². The summed E-state index contributed by atoms with van der Waals surface area (Å²) in [6.07, 6.45) is 1.52. The molecular formula is C8H7N3O2. The van der Waals surface area contributed by atoms with Gasteiger partial charge < -0.3 is 10.1 Å². The van der Waals surface area contributed by atoms with Gasteiger partial charge in [0.2, 0.25) is 0 Å². The maximum atomic E-state index is 10.4. The van der Waals surface area contributed by atoms with Crippen molar-refractivity contribution < 1.29 is 9.90 Å². The predicted octanol–water partition coefficient (Wildman–Crippen LogP) is 0.585. The Morgan fingerprint density at radius 3 is 3.15 bits per heavy atom. The van der Waals surface area contributed by atoms with Gasteiger partial charge in [-0.15, -0.1) is 0 Å². The summed E-state index contributed by atoms with van der Waals surface area (Å²) in [5.41, 5.74) is 1.32. The lowest BCUT2D eigenvalue weighted by atomic mass is 10.4. The first-order valence-corrected chi connectivity index (χ1v) is 3.77. The highest BCUT2D eigenvalue weighted by Crippen LogP contribution is 2.07. The van der Waals surface area contributed by atoms with E-state index in [-0.39, 0.29) is 6.42 Å². The molecule has 0 spiro atoms. The third-order valence-electron chi connectivity index (χ3n) is 1.63. The van der Waals surface area contributed by atoms with Crippen LogP contribution in [0, 0.1) is 0 Å². The van der Waals surface area contributed by atoms with E-state index in [1.54, 1.807) is 18.3 Å². The van der Waals surface area contributed by atoms with E-state index in [0.29, 0.717) is 11.5 Å². The predicted molar refractivity (Wildman–Crippen MR) is 45.2 cm³/mol. The number of nitrogens with zero attached hydrogens (tertiary/aromatic N) is 2. The number of nitrogens with one attached hydrogen (secondary N) is 1. The number of H-pyrrole nitrogens is 1. The quantitative estimate of drug-likeness (QED) is 0.703. The van der Waals surface area contributed by atoms with Crippen LogP contribution in [0.15, 0.2) is 18.3 Å². The Hall–Kier alpha value is -1.91. The SMILES string of the molecule is O=C(O)Cc1nc2ncccc2[nH]1. The molecule has 0 radical (unpaired) electrons. The molecular weight excluding hydrogens is 170 g/mol. The third kappa shape index (κ3) is 1.48. The van der Waals surface area contributed by atoms with E-state index < -0.39 is 5.97 Å². The van der Waals surface area contributed by atoms with Crippen LogP contribution in [0.2, 0.25) is 0 Å². The maximum Gasteiger partial charge on any atom is 0.311 e. The van der Waals surface area contributed by atoms with Crippen LogP contribution in [0.3, 0.4) is 0 Å². The van der Waals surface area contributed by atoms with Gasteiger partial charge in [0.15, 0.2) is 5.65 Å². The number of aromatic amines is 1. The minimum Gasteiger partial charge on any atom is -0.481 e. The Labute approximate surface area is 73.4 Å². The Bertz CT molecular complexity index is 416. The number of fused-ring (bicyclic) bond motifs is 1. The van der Waals surface area contributed by atoms with Gasteiger partial charge in [-0.05, 0) is 12.1 Å². The number of carboxylic acid groups (broad SMARTS) is 1. The molecule has 2 rings (SSSR count). The Kier molecular flexibility index (Phi) is 1.70. The summed E-state index contributed by atoms with van der Waals surface area (Å²) >= 11 is 0. The van der Waals surface area contributed by atoms with Crippen molar-refractivity contribution in [2.45, 2.75) is 6.42 Å². The van der Waals surface area contributed by atoms with Gasteiger partial charge in [-0.25, -0.2) is 9.97 Å². The summed E-state index contributed by atoms with van der Waals surface area (Å²) in [6, 6.07) is 3.58. The molecule has 0 bridgehead atoms. The van der Waals surface area contributed by atoms with Crippen LogP contribution in [0.5, 0.6) is 0 Å². The number of hydrogen-bond donors (Lipinski definition) is 2. The van der Waals surface area contributed by atoms with E-state index in [1.165, 1.54) is 0 Å². The minimum absolute atomic E-state index is 0.101. The molecule has 5 heteroatoms. The van der Waals surface area contributed by atoms with E-state index >= 15 is 0 Å². The zero-order valence-electron chi connectivity index (χ0n) is 6.69. The summed E-state index contributed by atoms with van der Waals surface area (Å²) < 4.78 is 0. The van der Waals surface area contributed by atoms with Crippen LogP contribution in [0.4, 0.5) is 0 Å². The average Bonchev–Trinajstić information content (AvgIpc) is 2.44. The topological polar surface area (TPSA) is 78.9 Å². The van der Waals surface area contributed by atoms with E-state index in [2.05, 4.69) is 15.0 Å². The maximum absolute atomic E-state index is 10.4. The van der Waals surface area contributed by atoms with Crippen molar-refractivity contribution in [3.8, 4) is 0 Å². The average molecular weight is 177 g/mol. The summed E-state index contributed by atoms with van der Waals surface area (Å²) in [7, 11) is 0. The molecule has 2 heterocycles. The van der Waals surface area contributed by atoms with Gasteiger partial charge in [0.25, 0.3) is 0 Å². The number of hydrogen-bond acceptors (Lipinski definition) is 3. The Morgan fingerprint density at radius 1 is 1.62 bits per heavy atom. The van der Waals surface area contributed by atoms with Crippen molar-refractivity contribution >= 4 is 17.1 Å². The molecule has 66 valence electrons. The van der Waals surface area contributed by atoms with Gasteiger partial charge in [0.1, 0.15) is 12.2 Å². The zero-order chi connectivity index (χ0) is 9.26. The van der Waals surface area contributed by atoms with Crippen LogP contribution in [0.1, 0.15) is 5.82 Å². The number of rotatable bonds is 2. The molecule has 0 amide bonds. The summed E-state index contributed by atoms with van der Waals surface area (Å²) in [6.45, 7) is 0. The molecule has 0 saturated heterocycles. The largest absolute Gasteiger partial charge is 0.481 e. The van der Waals surface area contributed by atoms with Crippen molar-refractivity contribution in [2.75, 3.05) is 0 Å². The number of imidazole rings is 1. The van der Waals surface area contributed by atoms with Crippen molar-refractivity contribution in [3.05, 3.63) is 24.2 Å². The van der Waals surface area contributed by atoms with Gasteiger partial charge in [-0.2, -0.15) is 0 Å². The Morgan fingerprint density at radius 2 is 2.46 bits per heavy atom. The van der Waals surface area contributed by atoms with Gasteiger partial charge in [-0.3, -0.25) is 4.79 Å². The first kappa shape index (κ1) is 7.72. The first-order valence-electron chi connectivity index (χ1n) is 3.77. The Balaban J connectivity index is 2.44. The molecule has 5 nitrogen and oxygen atoms in total. The molecule has 2 N–H and O–H groups in total. The molecule has 2 aromatic heterocycles. The summed E-state index contributed by atoms with van der Waals surface area (Å²) in [4.78, 5) is 21.2. The highest BCUT2D eigenvalue weighted by atomic mass is 16.4. The number of carbonyl (C=O) groups is 1. The minimum atomic E-state index is -0.904. The van der Waals surface area contributed by atoms with E-state index in [0.717, 1.165) is 5.52 Å². The van der Waals surface area contributed by atoms with Gasteiger partial charge >= 0.3 is 5.97 Å². The van der Waals surface area contributed by atoms with E-state index in [9.17, 15) is 4.79 Å². The number of pyridine rings is 1. The molecule has 0 fully saturated rings. The molecule has 0 aliphatic rings. The second-order valence-corrected chi connectivity index (χ2v) is 2.63. The molecule has 0 unspecified atom stereocenters. The second kappa shape index (κ2) is 2.85. The zero-order valence-corrected chi connectivity index (χ0v) is 6.69. The second-order valence-electron chi connectivity index (χ2n) is 2.63. The first-order chi connectivity index (χ1) is 6.25. The highest BCUT2D eigenvalue weighted by Gasteiger charge is 2.06. The number of aromatic nitrogens is 3. The standard InChI is InChI=1S/C8H7N3O2/c12-7(13)4-6-10-5-2-1-3-9-8(5)11-6/h1-3H,4H2,(H,12,13)(H,9,10,11). The lowest BCUT2D eigenvalue weighted by molar-refractivity contribution is -0.136. The lowest BCUT2D eigenvalue weighted by Gasteiger charge is -1.85. The number of aliphatic carboxylic acids is 1. The summed E-state index contributed by atoms with van der Waals surface area (Å²) in [5, 5.41) is 8.51. The van der Waals surface area contributed by atoms with Crippen LogP contribution in [0.25, 0.3) is 11.2 Å². The highest BCUT2D eigenvalue weighted by molar-refractivity contribution is 5.73. The smallest absolute Gasteiger partial charge is 0.311 e. The molecule has 0 saturated carbocycles. The molecule has 13 heavy (non-hydrogen) atoms. The van der Waals surface area contributed by atoms with Crippen molar-refractivity contribution in [2.24, 2.45) is 0 Å². The monoisotopic (exact) mass is 177 g/mol.